The Bertz CT molecular complexity index is 1380. The van der Waals surface area contributed by atoms with Crippen LogP contribution in [-0.4, -0.2) is 56.5 Å². The van der Waals surface area contributed by atoms with Crippen molar-refractivity contribution in [3.8, 4) is 5.75 Å². The van der Waals surface area contributed by atoms with Crippen LogP contribution in [-0.2, 0) is 19.6 Å². The maximum Gasteiger partial charge on any atom is 0.261 e. The topological polar surface area (TPSA) is 125 Å². The predicted molar refractivity (Wildman–Crippen MR) is 128 cm³/mol. The number of amides is 2. The molecule has 1 fully saturated rings. The van der Waals surface area contributed by atoms with Gasteiger partial charge < -0.3 is 20.1 Å². The summed E-state index contributed by atoms with van der Waals surface area (Å²) in [5, 5.41) is 14.1. The first-order chi connectivity index (χ1) is 16.3. The summed E-state index contributed by atoms with van der Waals surface area (Å²) in [7, 11) is -4.02. The minimum atomic E-state index is -4.02. The van der Waals surface area contributed by atoms with E-state index in [0.717, 1.165) is 6.08 Å². The molecule has 1 aliphatic heterocycles. The molecule has 1 heterocycles. The molecule has 0 unspecified atom stereocenters. The Balaban J connectivity index is 1.65. The fourth-order valence-electron chi connectivity index (χ4n) is 3.68. The quantitative estimate of drug-likeness (QED) is 0.465. The fraction of sp³-hybridized carbons (Fsp3) is 0.167. The van der Waals surface area contributed by atoms with Crippen molar-refractivity contribution < 1.29 is 27.9 Å². The molecule has 0 aromatic heterocycles. The number of rotatable bonds is 6. The minimum absolute atomic E-state index is 0.0605. The molecule has 0 saturated carbocycles. The molecule has 0 atom stereocenters. The van der Waals surface area contributed by atoms with Gasteiger partial charge in [-0.3, -0.25) is 14.3 Å². The summed E-state index contributed by atoms with van der Waals surface area (Å²) in [4.78, 5) is 25.9. The summed E-state index contributed by atoms with van der Waals surface area (Å²) in [5.74, 6) is -0.995. The van der Waals surface area contributed by atoms with Crippen LogP contribution >= 0.6 is 0 Å². The summed E-state index contributed by atoms with van der Waals surface area (Å²) in [5.41, 5.74) is 0.674. The molecule has 4 rings (SSSR count). The highest BCUT2D eigenvalue weighted by molar-refractivity contribution is 7.92. The zero-order valence-electron chi connectivity index (χ0n) is 18.2. The normalized spacial score (nSPS) is 13.9. The molecule has 1 aliphatic rings. The number of carbonyl (C=O) groups excluding carboxylic acids is 2. The Morgan fingerprint density at radius 3 is 2.50 bits per heavy atom. The second kappa shape index (κ2) is 9.54. The molecule has 0 bridgehead atoms. The van der Waals surface area contributed by atoms with E-state index in [0.29, 0.717) is 42.8 Å². The molecular formula is C24H23N3O6S. The van der Waals surface area contributed by atoms with E-state index in [2.05, 4.69) is 16.6 Å². The molecule has 3 aromatic carbocycles. The summed E-state index contributed by atoms with van der Waals surface area (Å²) in [6.45, 7) is 5.11. The summed E-state index contributed by atoms with van der Waals surface area (Å²) in [6, 6.07) is 13.6. The van der Waals surface area contributed by atoms with Gasteiger partial charge in [-0.1, -0.05) is 30.8 Å². The first-order valence-corrected chi connectivity index (χ1v) is 12.0. The highest BCUT2D eigenvalue weighted by atomic mass is 32.2. The Kier molecular flexibility index (Phi) is 6.53. The first-order valence-electron chi connectivity index (χ1n) is 10.5. The Morgan fingerprint density at radius 2 is 1.76 bits per heavy atom. The lowest BCUT2D eigenvalue weighted by Crippen LogP contribution is -2.40. The van der Waals surface area contributed by atoms with Crippen molar-refractivity contribution >= 4 is 44.0 Å². The summed E-state index contributed by atoms with van der Waals surface area (Å²) >= 11 is 0. The van der Waals surface area contributed by atoms with E-state index in [4.69, 9.17) is 4.74 Å². The van der Waals surface area contributed by atoms with Crippen molar-refractivity contribution in [1.29, 1.82) is 0 Å². The number of nitrogens with one attached hydrogen (secondary N) is 2. The second-order valence-corrected chi connectivity index (χ2v) is 9.28. The molecule has 10 heteroatoms. The number of morpholine rings is 1. The van der Waals surface area contributed by atoms with Crippen molar-refractivity contribution in [2.45, 2.75) is 4.90 Å². The van der Waals surface area contributed by atoms with Crippen LogP contribution in [0.2, 0.25) is 0 Å². The average molecular weight is 482 g/mol. The van der Waals surface area contributed by atoms with Gasteiger partial charge in [0.15, 0.2) is 0 Å². The lowest BCUT2D eigenvalue weighted by Gasteiger charge is -2.27. The Morgan fingerprint density at radius 1 is 1.03 bits per heavy atom. The lowest BCUT2D eigenvalue weighted by molar-refractivity contribution is -0.111. The van der Waals surface area contributed by atoms with Crippen molar-refractivity contribution in [3.05, 3.63) is 72.8 Å². The van der Waals surface area contributed by atoms with Gasteiger partial charge in [-0.25, -0.2) is 8.42 Å². The standard InChI is InChI=1S/C24H23N3O6S/c1-2-22(28)25-16-5-3-6-17(15-16)34(31,32)26-21-8-4-7-19-18(21)9-10-20(23(19)29)24(30)27-11-13-33-14-12-27/h2-10,15,26,29H,1,11-14H2,(H,25,28). The Hall–Kier alpha value is -3.89. The SMILES string of the molecule is C=CC(=O)Nc1cccc(S(=O)(=O)Nc2cccc3c(O)c(C(=O)N4CCOCC4)ccc23)c1. The van der Waals surface area contributed by atoms with E-state index in [1.807, 2.05) is 0 Å². The lowest BCUT2D eigenvalue weighted by atomic mass is 10.0. The van der Waals surface area contributed by atoms with Crippen LogP contribution in [0, 0.1) is 0 Å². The number of carbonyl (C=O) groups is 2. The number of fused-ring (bicyclic) bond motifs is 1. The van der Waals surface area contributed by atoms with Crippen LogP contribution in [0.3, 0.4) is 0 Å². The number of phenols is 1. The molecule has 34 heavy (non-hydrogen) atoms. The highest BCUT2D eigenvalue weighted by Gasteiger charge is 2.23. The van der Waals surface area contributed by atoms with Crippen LogP contribution in [0.4, 0.5) is 11.4 Å². The number of benzene rings is 3. The maximum absolute atomic E-state index is 13.0. The number of phenolic OH excluding ortho intramolecular Hbond substituents is 1. The zero-order valence-corrected chi connectivity index (χ0v) is 19.0. The van der Waals surface area contributed by atoms with Crippen LogP contribution < -0.4 is 10.0 Å². The van der Waals surface area contributed by atoms with Gasteiger partial charge in [0.05, 0.1) is 29.4 Å². The first kappa shape index (κ1) is 23.3. The summed E-state index contributed by atoms with van der Waals surface area (Å²) < 4.78 is 33.9. The van der Waals surface area contributed by atoms with Gasteiger partial charge in [-0.05, 0) is 36.4 Å². The average Bonchev–Trinajstić information content (AvgIpc) is 2.85. The third-order valence-corrected chi connectivity index (χ3v) is 6.77. The molecule has 3 N–H and O–H groups in total. The van der Waals surface area contributed by atoms with E-state index in [1.165, 1.54) is 24.3 Å². The van der Waals surface area contributed by atoms with Gasteiger partial charge in [0.1, 0.15) is 5.75 Å². The van der Waals surface area contributed by atoms with E-state index in [1.54, 1.807) is 35.2 Å². The molecule has 3 aromatic rings. The summed E-state index contributed by atoms with van der Waals surface area (Å²) in [6.07, 6.45) is 1.08. The van der Waals surface area contributed by atoms with Gasteiger partial charge in [-0.2, -0.15) is 0 Å². The van der Waals surface area contributed by atoms with Crippen molar-refractivity contribution in [2.24, 2.45) is 0 Å². The molecule has 9 nitrogen and oxygen atoms in total. The van der Waals surface area contributed by atoms with Crippen molar-refractivity contribution in [2.75, 3.05) is 36.3 Å². The molecule has 176 valence electrons. The van der Waals surface area contributed by atoms with E-state index in [9.17, 15) is 23.1 Å². The predicted octanol–water partition coefficient (Wildman–Crippen LogP) is 2.94. The number of hydrogen-bond acceptors (Lipinski definition) is 6. The van der Waals surface area contributed by atoms with E-state index >= 15 is 0 Å². The van der Waals surface area contributed by atoms with Crippen LogP contribution in [0.15, 0.2) is 72.1 Å². The third-order valence-electron chi connectivity index (χ3n) is 5.40. The van der Waals surface area contributed by atoms with Gasteiger partial charge in [0.2, 0.25) is 5.91 Å². The fourth-order valence-corrected chi connectivity index (χ4v) is 4.80. The minimum Gasteiger partial charge on any atom is -0.506 e. The molecule has 2 amide bonds. The third kappa shape index (κ3) is 4.73. The monoisotopic (exact) mass is 481 g/mol. The van der Waals surface area contributed by atoms with Gasteiger partial charge in [-0.15, -0.1) is 0 Å². The molecule has 1 saturated heterocycles. The number of aromatic hydroxyl groups is 1. The second-order valence-electron chi connectivity index (χ2n) is 7.59. The number of sulfonamides is 1. The number of anilines is 2. The van der Waals surface area contributed by atoms with Crippen molar-refractivity contribution in [1.82, 2.24) is 4.90 Å². The van der Waals surface area contributed by atoms with E-state index < -0.39 is 15.9 Å². The van der Waals surface area contributed by atoms with Crippen LogP contribution in [0.25, 0.3) is 10.8 Å². The zero-order chi connectivity index (χ0) is 24.3. The van der Waals surface area contributed by atoms with Crippen molar-refractivity contribution in [3.63, 3.8) is 0 Å². The smallest absolute Gasteiger partial charge is 0.261 e. The largest absolute Gasteiger partial charge is 0.506 e. The van der Waals surface area contributed by atoms with Gasteiger partial charge in [0, 0.05) is 29.5 Å². The molecular weight excluding hydrogens is 458 g/mol. The number of nitrogens with zero attached hydrogens (tertiary/aromatic N) is 1. The molecule has 0 aliphatic carbocycles. The number of hydrogen-bond donors (Lipinski definition) is 3. The maximum atomic E-state index is 13.0. The Labute approximate surface area is 196 Å². The number of ether oxygens (including phenoxy) is 1. The molecule has 0 spiro atoms. The van der Waals surface area contributed by atoms with Crippen LogP contribution in [0.1, 0.15) is 10.4 Å². The van der Waals surface area contributed by atoms with E-state index in [-0.39, 0.29) is 27.8 Å². The van der Waals surface area contributed by atoms with Gasteiger partial charge >= 0.3 is 0 Å². The van der Waals surface area contributed by atoms with Crippen LogP contribution in [0.5, 0.6) is 5.75 Å². The highest BCUT2D eigenvalue weighted by Crippen LogP contribution is 2.35. The molecule has 0 radical (unpaired) electrons. The van der Waals surface area contributed by atoms with Gasteiger partial charge in [0.25, 0.3) is 15.9 Å².